The monoisotopic (exact) mass is 339 g/mol. The van der Waals surface area contributed by atoms with E-state index in [1.54, 1.807) is 39.0 Å². The summed E-state index contributed by atoms with van der Waals surface area (Å²) in [5.74, 6) is 0.172. The molecule has 7 heteroatoms. The molecule has 0 spiro atoms. The van der Waals surface area contributed by atoms with Crippen molar-refractivity contribution in [1.82, 2.24) is 9.97 Å². The first-order valence-electron chi connectivity index (χ1n) is 5.94. The summed E-state index contributed by atoms with van der Waals surface area (Å²) in [5.41, 5.74) is -0.587. The molecule has 1 aromatic heterocycles. The molecule has 6 nitrogen and oxygen atoms in total. The van der Waals surface area contributed by atoms with Crippen molar-refractivity contribution in [3.8, 4) is 0 Å². The normalized spacial score (nSPS) is 11.4. The number of fused-ring (bicyclic) bond motifs is 1. The van der Waals surface area contributed by atoms with Gasteiger partial charge in [0.25, 0.3) is 0 Å². The fourth-order valence-corrected chi connectivity index (χ4v) is 1.99. The first kappa shape index (κ1) is 14.5. The van der Waals surface area contributed by atoms with Crippen molar-refractivity contribution in [3.05, 3.63) is 33.2 Å². The summed E-state index contributed by atoms with van der Waals surface area (Å²) in [6, 6.07) is 5.27. The van der Waals surface area contributed by atoms with Crippen molar-refractivity contribution in [2.45, 2.75) is 26.4 Å². The Labute approximate surface area is 123 Å². The molecule has 106 valence electrons. The third-order valence-corrected chi connectivity index (χ3v) is 2.80. The minimum absolute atomic E-state index is 0.172. The third kappa shape index (κ3) is 3.57. The standard InChI is InChI=1S/C13H14BrN3O3/c1-13(2,3)20-12(19)17-10-8-5-4-7(14)6-9(8)15-11(18)16-10/h4-6H,1-3H3,(H2,15,16,17,18,19). The quantitative estimate of drug-likeness (QED) is 0.836. The smallest absolute Gasteiger partial charge is 0.413 e. The van der Waals surface area contributed by atoms with Gasteiger partial charge in [-0.1, -0.05) is 15.9 Å². The van der Waals surface area contributed by atoms with E-state index in [4.69, 9.17) is 4.74 Å². The predicted octanol–water partition coefficient (Wildman–Crippen LogP) is 3.03. The molecule has 0 saturated carbocycles. The molecular formula is C13H14BrN3O3. The van der Waals surface area contributed by atoms with Gasteiger partial charge in [0.2, 0.25) is 0 Å². The molecule has 0 aliphatic heterocycles. The van der Waals surface area contributed by atoms with Gasteiger partial charge in [0.15, 0.2) is 5.82 Å². The molecule has 0 aliphatic carbocycles. The second kappa shape index (κ2) is 5.24. The average Bonchev–Trinajstić information content (AvgIpc) is 2.24. The molecule has 0 aliphatic rings. The van der Waals surface area contributed by atoms with E-state index in [0.717, 1.165) is 4.47 Å². The number of carbonyl (C=O) groups is 1. The predicted molar refractivity (Wildman–Crippen MR) is 79.9 cm³/mol. The van der Waals surface area contributed by atoms with E-state index in [0.29, 0.717) is 10.9 Å². The number of H-pyrrole nitrogens is 1. The Morgan fingerprint density at radius 1 is 1.40 bits per heavy atom. The Hall–Kier alpha value is -1.89. The largest absolute Gasteiger partial charge is 0.444 e. The number of rotatable bonds is 1. The lowest BCUT2D eigenvalue weighted by atomic mass is 10.2. The molecule has 1 heterocycles. The zero-order valence-electron chi connectivity index (χ0n) is 11.3. The number of carbonyl (C=O) groups excluding carboxylic acids is 1. The lowest BCUT2D eigenvalue weighted by Gasteiger charge is -2.19. The zero-order chi connectivity index (χ0) is 14.9. The summed E-state index contributed by atoms with van der Waals surface area (Å²) in [6.45, 7) is 5.27. The van der Waals surface area contributed by atoms with Gasteiger partial charge in [0, 0.05) is 9.86 Å². The summed E-state index contributed by atoms with van der Waals surface area (Å²) in [4.78, 5) is 29.6. The molecule has 1 aromatic carbocycles. The molecule has 2 N–H and O–H groups in total. The topological polar surface area (TPSA) is 84.1 Å². The number of nitrogens with one attached hydrogen (secondary N) is 2. The van der Waals surface area contributed by atoms with E-state index < -0.39 is 17.4 Å². The van der Waals surface area contributed by atoms with Crippen LogP contribution in [0.4, 0.5) is 10.6 Å². The van der Waals surface area contributed by atoms with E-state index in [1.165, 1.54) is 0 Å². The Bertz CT molecular complexity index is 719. The minimum atomic E-state index is -0.653. The second-order valence-electron chi connectivity index (χ2n) is 5.21. The van der Waals surface area contributed by atoms with Crippen molar-refractivity contribution in [3.63, 3.8) is 0 Å². The summed E-state index contributed by atoms with van der Waals surface area (Å²) >= 11 is 3.32. The van der Waals surface area contributed by atoms with E-state index >= 15 is 0 Å². The summed E-state index contributed by atoms with van der Waals surface area (Å²) in [5, 5.41) is 3.12. The third-order valence-electron chi connectivity index (χ3n) is 2.31. The van der Waals surface area contributed by atoms with Crippen LogP contribution < -0.4 is 11.0 Å². The van der Waals surface area contributed by atoms with Gasteiger partial charge in [-0.15, -0.1) is 0 Å². The number of nitrogens with zero attached hydrogens (tertiary/aromatic N) is 1. The van der Waals surface area contributed by atoms with E-state index in [9.17, 15) is 9.59 Å². The average molecular weight is 340 g/mol. The van der Waals surface area contributed by atoms with Gasteiger partial charge in [-0.25, -0.2) is 9.59 Å². The van der Waals surface area contributed by atoms with Crippen LogP contribution in [0, 0.1) is 0 Å². The van der Waals surface area contributed by atoms with Crippen LogP contribution >= 0.6 is 15.9 Å². The van der Waals surface area contributed by atoms with Crippen LogP contribution in [-0.2, 0) is 4.74 Å². The maximum absolute atomic E-state index is 11.8. The minimum Gasteiger partial charge on any atom is -0.444 e. The van der Waals surface area contributed by atoms with Gasteiger partial charge in [-0.2, -0.15) is 4.98 Å². The Balaban J connectivity index is 2.39. The fraction of sp³-hybridized carbons (Fsp3) is 0.308. The molecule has 0 bridgehead atoms. The van der Waals surface area contributed by atoms with Crippen LogP contribution in [0.2, 0.25) is 0 Å². The van der Waals surface area contributed by atoms with E-state index in [2.05, 4.69) is 31.2 Å². The van der Waals surface area contributed by atoms with Crippen LogP contribution in [0.3, 0.4) is 0 Å². The number of halogens is 1. The highest BCUT2D eigenvalue weighted by atomic mass is 79.9. The maximum Gasteiger partial charge on any atom is 0.413 e. The van der Waals surface area contributed by atoms with Crippen molar-refractivity contribution in [1.29, 1.82) is 0 Å². The van der Waals surface area contributed by atoms with Crippen LogP contribution in [-0.4, -0.2) is 21.7 Å². The number of amides is 1. The highest BCUT2D eigenvalue weighted by Crippen LogP contribution is 2.22. The molecule has 0 atom stereocenters. The van der Waals surface area contributed by atoms with Gasteiger partial charge >= 0.3 is 11.8 Å². The molecule has 2 rings (SSSR count). The second-order valence-corrected chi connectivity index (χ2v) is 6.12. The summed E-state index contributed by atoms with van der Waals surface area (Å²) in [7, 11) is 0. The summed E-state index contributed by atoms with van der Waals surface area (Å²) < 4.78 is 5.96. The van der Waals surface area contributed by atoms with Crippen LogP contribution in [0.5, 0.6) is 0 Å². The van der Waals surface area contributed by atoms with Crippen molar-refractivity contribution in [2.75, 3.05) is 5.32 Å². The first-order chi connectivity index (χ1) is 9.24. The molecular weight excluding hydrogens is 326 g/mol. The SMILES string of the molecule is CC(C)(C)OC(=O)Nc1nc(=O)[nH]c2cc(Br)ccc12. The highest BCUT2D eigenvalue weighted by molar-refractivity contribution is 9.10. The van der Waals surface area contributed by atoms with Crippen molar-refractivity contribution in [2.24, 2.45) is 0 Å². The molecule has 2 aromatic rings. The number of anilines is 1. The Kier molecular flexibility index (Phi) is 3.80. The van der Waals surface area contributed by atoms with Crippen LogP contribution in [0.1, 0.15) is 20.8 Å². The first-order valence-corrected chi connectivity index (χ1v) is 6.73. The lowest BCUT2D eigenvalue weighted by Crippen LogP contribution is -2.28. The molecule has 1 amide bonds. The lowest BCUT2D eigenvalue weighted by molar-refractivity contribution is 0.0635. The van der Waals surface area contributed by atoms with E-state index in [1.807, 2.05) is 0 Å². The molecule has 20 heavy (non-hydrogen) atoms. The van der Waals surface area contributed by atoms with Crippen molar-refractivity contribution >= 4 is 38.7 Å². The maximum atomic E-state index is 11.8. The molecule has 0 radical (unpaired) electrons. The molecule has 0 unspecified atom stereocenters. The fourth-order valence-electron chi connectivity index (χ4n) is 1.63. The Morgan fingerprint density at radius 3 is 2.75 bits per heavy atom. The number of hydrogen-bond acceptors (Lipinski definition) is 4. The number of ether oxygens (including phenoxy) is 1. The Morgan fingerprint density at radius 2 is 2.10 bits per heavy atom. The van der Waals surface area contributed by atoms with Gasteiger partial charge < -0.3 is 9.72 Å². The van der Waals surface area contributed by atoms with Crippen molar-refractivity contribution < 1.29 is 9.53 Å². The summed E-state index contributed by atoms with van der Waals surface area (Å²) in [6.07, 6.45) is -0.653. The number of hydrogen-bond donors (Lipinski definition) is 2. The zero-order valence-corrected chi connectivity index (χ0v) is 12.9. The van der Waals surface area contributed by atoms with Crippen LogP contribution in [0.25, 0.3) is 10.9 Å². The van der Waals surface area contributed by atoms with Gasteiger partial charge in [0.1, 0.15) is 5.60 Å². The number of aromatic nitrogens is 2. The molecule has 0 fully saturated rings. The molecule has 0 saturated heterocycles. The van der Waals surface area contributed by atoms with Crippen LogP contribution in [0.15, 0.2) is 27.5 Å². The highest BCUT2D eigenvalue weighted by Gasteiger charge is 2.17. The van der Waals surface area contributed by atoms with Gasteiger partial charge in [0.05, 0.1) is 5.52 Å². The number of aromatic amines is 1. The van der Waals surface area contributed by atoms with E-state index in [-0.39, 0.29) is 5.82 Å². The van der Waals surface area contributed by atoms with Gasteiger partial charge in [-0.05, 0) is 39.0 Å². The van der Waals surface area contributed by atoms with Gasteiger partial charge in [-0.3, -0.25) is 5.32 Å². The number of benzene rings is 1.